The van der Waals surface area contributed by atoms with Gasteiger partial charge in [-0.2, -0.15) is 0 Å². The molecule has 3 rings (SSSR count). The normalized spacial score (nSPS) is 12.0. The number of rotatable bonds is 9. The molecule has 0 heterocycles. The Hall–Kier alpha value is -3.49. The Morgan fingerprint density at radius 3 is 2.22 bits per heavy atom. The molecule has 1 atom stereocenters. The fraction of sp³-hybridized carbons (Fsp3) is 0.167. The summed E-state index contributed by atoms with van der Waals surface area (Å²) in [6.07, 6.45) is -0.0527. The summed E-state index contributed by atoms with van der Waals surface area (Å²) >= 11 is 0. The van der Waals surface area contributed by atoms with Crippen molar-refractivity contribution in [1.29, 1.82) is 0 Å². The highest BCUT2D eigenvalue weighted by atomic mass is 32.2. The lowest BCUT2D eigenvalue weighted by molar-refractivity contribution is -0.141. The third-order valence-electron chi connectivity index (χ3n) is 4.82. The fourth-order valence-electron chi connectivity index (χ4n) is 3.09. The number of carbonyl (C=O) groups excluding carboxylic acids is 2. The summed E-state index contributed by atoms with van der Waals surface area (Å²) in [7, 11) is -2.54. The maximum Gasteiger partial charge on any atom is 0.307 e. The van der Waals surface area contributed by atoms with Crippen molar-refractivity contribution in [3.8, 4) is 0 Å². The molecular formula is C24H24N2O5S. The van der Waals surface area contributed by atoms with Crippen molar-refractivity contribution in [3.05, 3.63) is 102 Å². The van der Waals surface area contributed by atoms with Crippen LogP contribution in [0.3, 0.4) is 0 Å². The van der Waals surface area contributed by atoms with Crippen LogP contribution >= 0.6 is 0 Å². The average molecular weight is 453 g/mol. The van der Waals surface area contributed by atoms with E-state index in [0.717, 1.165) is 11.1 Å². The Morgan fingerprint density at radius 2 is 1.56 bits per heavy atom. The number of ether oxygens (including phenoxy) is 1. The second-order valence-electron chi connectivity index (χ2n) is 7.05. The summed E-state index contributed by atoms with van der Waals surface area (Å²) in [5.74, 6) is -0.969. The maximum absolute atomic E-state index is 12.9. The van der Waals surface area contributed by atoms with Gasteiger partial charge in [-0.15, -0.1) is 0 Å². The molecule has 0 fully saturated rings. The van der Waals surface area contributed by atoms with Crippen molar-refractivity contribution in [2.45, 2.75) is 23.9 Å². The number of sulfonamides is 1. The molecule has 7 nitrogen and oxygen atoms in total. The topological polar surface area (TPSA) is 102 Å². The van der Waals surface area contributed by atoms with Crippen LogP contribution in [-0.2, 0) is 26.1 Å². The molecule has 1 amide bonds. The summed E-state index contributed by atoms with van der Waals surface area (Å²) in [6.45, 7) is 0.134. The first-order chi connectivity index (χ1) is 15.4. The highest BCUT2D eigenvalue weighted by molar-refractivity contribution is 7.89. The van der Waals surface area contributed by atoms with E-state index in [4.69, 9.17) is 4.74 Å². The summed E-state index contributed by atoms with van der Waals surface area (Å²) < 4.78 is 32.7. The molecule has 166 valence electrons. The summed E-state index contributed by atoms with van der Waals surface area (Å²) in [4.78, 5) is 24.7. The van der Waals surface area contributed by atoms with Crippen LogP contribution in [0.5, 0.6) is 0 Å². The van der Waals surface area contributed by atoms with Gasteiger partial charge in [-0.25, -0.2) is 13.1 Å². The van der Waals surface area contributed by atoms with Gasteiger partial charge in [0.1, 0.15) is 0 Å². The molecule has 1 unspecified atom stereocenters. The van der Waals surface area contributed by atoms with E-state index in [9.17, 15) is 18.0 Å². The van der Waals surface area contributed by atoms with E-state index in [1.807, 2.05) is 36.4 Å². The van der Waals surface area contributed by atoms with Crippen LogP contribution in [0, 0.1) is 0 Å². The molecule has 8 heteroatoms. The smallest absolute Gasteiger partial charge is 0.307 e. The van der Waals surface area contributed by atoms with Crippen LogP contribution in [0.1, 0.15) is 33.9 Å². The van der Waals surface area contributed by atoms with Crippen LogP contribution in [0.4, 0.5) is 0 Å². The van der Waals surface area contributed by atoms with Gasteiger partial charge in [0.15, 0.2) is 0 Å². The molecule has 3 aromatic rings. The van der Waals surface area contributed by atoms with Crippen LogP contribution in [0.15, 0.2) is 89.8 Å². The highest BCUT2D eigenvalue weighted by Crippen LogP contribution is 2.19. The number of esters is 1. The van der Waals surface area contributed by atoms with Crippen molar-refractivity contribution in [2.24, 2.45) is 0 Å². The second-order valence-corrected chi connectivity index (χ2v) is 8.82. The third-order valence-corrected chi connectivity index (χ3v) is 6.22. The van der Waals surface area contributed by atoms with Gasteiger partial charge in [-0.3, -0.25) is 9.59 Å². The maximum atomic E-state index is 12.9. The summed E-state index contributed by atoms with van der Waals surface area (Å²) in [5, 5.41) is 2.80. The highest BCUT2D eigenvalue weighted by Gasteiger charge is 2.21. The molecule has 0 aliphatic heterocycles. The molecule has 0 spiro atoms. The molecule has 0 radical (unpaired) electrons. The van der Waals surface area contributed by atoms with E-state index in [0.29, 0.717) is 0 Å². The van der Waals surface area contributed by atoms with Gasteiger partial charge in [0.05, 0.1) is 24.5 Å². The van der Waals surface area contributed by atoms with E-state index in [2.05, 4.69) is 10.0 Å². The zero-order valence-electron chi connectivity index (χ0n) is 17.5. The third kappa shape index (κ3) is 6.26. The Balaban J connectivity index is 1.76. The van der Waals surface area contributed by atoms with Crippen molar-refractivity contribution < 1.29 is 22.7 Å². The van der Waals surface area contributed by atoms with E-state index in [1.54, 1.807) is 24.3 Å². The lowest BCUT2D eigenvalue weighted by atomic mass is 10.0. The Morgan fingerprint density at radius 1 is 0.906 bits per heavy atom. The van der Waals surface area contributed by atoms with Crippen LogP contribution < -0.4 is 10.0 Å². The van der Waals surface area contributed by atoms with Gasteiger partial charge in [0, 0.05) is 12.1 Å². The van der Waals surface area contributed by atoms with Gasteiger partial charge < -0.3 is 10.1 Å². The van der Waals surface area contributed by atoms with Crippen molar-refractivity contribution in [2.75, 3.05) is 7.11 Å². The first kappa shape index (κ1) is 23.2. The zero-order chi connectivity index (χ0) is 23.0. The fourth-order valence-corrected chi connectivity index (χ4v) is 4.15. The van der Waals surface area contributed by atoms with E-state index in [1.165, 1.54) is 31.4 Å². The van der Waals surface area contributed by atoms with Gasteiger partial charge in [-0.1, -0.05) is 66.7 Å². The van der Waals surface area contributed by atoms with Gasteiger partial charge in [0.25, 0.3) is 5.91 Å². The molecule has 0 aromatic heterocycles. The molecule has 32 heavy (non-hydrogen) atoms. The lowest BCUT2D eigenvalue weighted by Crippen LogP contribution is -2.31. The van der Waals surface area contributed by atoms with Crippen LogP contribution in [-0.4, -0.2) is 27.4 Å². The molecule has 0 bridgehead atoms. The second kappa shape index (κ2) is 10.7. The van der Waals surface area contributed by atoms with Crippen molar-refractivity contribution in [3.63, 3.8) is 0 Å². The van der Waals surface area contributed by atoms with Crippen LogP contribution in [0.25, 0.3) is 0 Å². The van der Waals surface area contributed by atoms with E-state index >= 15 is 0 Å². The molecule has 0 aliphatic rings. The Labute approximate surface area is 187 Å². The molecule has 2 N–H and O–H groups in total. The zero-order valence-corrected chi connectivity index (χ0v) is 18.3. The average Bonchev–Trinajstić information content (AvgIpc) is 2.83. The predicted octanol–water partition coefficient (Wildman–Crippen LogP) is 3.20. The summed E-state index contributed by atoms with van der Waals surface area (Å²) in [5.41, 5.74) is 1.72. The largest absolute Gasteiger partial charge is 0.469 e. The molecule has 0 aliphatic carbocycles. The number of hydrogen-bond acceptors (Lipinski definition) is 5. The minimum absolute atomic E-state index is 0.0229. The number of nitrogens with one attached hydrogen (secondary N) is 2. The van der Waals surface area contributed by atoms with Gasteiger partial charge in [-0.05, 0) is 29.3 Å². The number of benzene rings is 3. The molecule has 0 saturated heterocycles. The molecular weight excluding hydrogens is 428 g/mol. The molecule has 0 saturated carbocycles. The SMILES string of the molecule is COC(=O)CC(NC(=O)c1cccc(S(=O)(=O)NCc2ccccc2)c1)c1ccccc1. The minimum Gasteiger partial charge on any atom is -0.469 e. The number of amides is 1. The number of carbonyl (C=O) groups is 2. The Bertz CT molecular complexity index is 1170. The standard InChI is InChI=1S/C24H24N2O5S/c1-31-23(27)16-22(19-11-6-3-7-12-19)26-24(28)20-13-8-14-21(15-20)32(29,30)25-17-18-9-4-2-5-10-18/h2-15,22,25H,16-17H2,1H3,(H,26,28). The van der Waals surface area contributed by atoms with E-state index < -0.39 is 27.9 Å². The number of hydrogen-bond donors (Lipinski definition) is 2. The van der Waals surface area contributed by atoms with E-state index in [-0.39, 0.29) is 23.4 Å². The number of methoxy groups -OCH3 is 1. The summed E-state index contributed by atoms with van der Waals surface area (Å²) in [6, 6.07) is 23.3. The van der Waals surface area contributed by atoms with Crippen LogP contribution in [0.2, 0.25) is 0 Å². The monoisotopic (exact) mass is 452 g/mol. The van der Waals surface area contributed by atoms with Crippen molar-refractivity contribution in [1.82, 2.24) is 10.0 Å². The van der Waals surface area contributed by atoms with Crippen molar-refractivity contribution >= 4 is 21.9 Å². The Kier molecular flexibility index (Phi) is 7.75. The lowest BCUT2D eigenvalue weighted by Gasteiger charge is -2.18. The first-order valence-electron chi connectivity index (χ1n) is 9.95. The molecule has 3 aromatic carbocycles. The quantitative estimate of drug-likeness (QED) is 0.486. The van der Waals surface area contributed by atoms with Gasteiger partial charge >= 0.3 is 5.97 Å². The minimum atomic E-state index is -3.82. The predicted molar refractivity (Wildman–Crippen MR) is 120 cm³/mol. The van der Waals surface area contributed by atoms with Gasteiger partial charge in [0.2, 0.25) is 10.0 Å². The first-order valence-corrected chi connectivity index (χ1v) is 11.4.